The topological polar surface area (TPSA) is 90.3 Å². The second kappa shape index (κ2) is 11.8. The van der Waals surface area contributed by atoms with Gasteiger partial charge in [-0.15, -0.1) is 0 Å². The van der Waals surface area contributed by atoms with Crippen molar-refractivity contribution in [1.82, 2.24) is 14.4 Å². The predicted molar refractivity (Wildman–Crippen MR) is 143 cm³/mol. The van der Waals surface area contributed by atoms with Gasteiger partial charge >= 0.3 is 12.1 Å². The molecular weight excluding hydrogens is 486 g/mol. The minimum atomic E-state index is -0.674. The third kappa shape index (κ3) is 6.67. The van der Waals surface area contributed by atoms with Gasteiger partial charge in [0.1, 0.15) is 5.60 Å². The quantitative estimate of drug-likeness (QED) is 0.358. The van der Waals surface area contributed by atoms with Crippen molar-refractivity contribution in [3.05, 3.63) is 36.0 Å². The van der Waals surface area contributed by atoms with Crippen molar-refractivity contribution in [3.63, 3.8) is 0 Å². The van der Waals surface area contributed by atoms with Gasteiger partial charge in [-0.25, -0.2) is 4.79 Å². The largest absolute Gasteiger partial charge is 0.469 e. The second-order valence-corrected chi connectivity index (χ2v) is 11.4. The SMILES string of the molecule is COCCCn1cc(CN(C(=O)[C@@H]2C[C@H](C(=O)OC)CN(C(=O)OC(C)(C)C)C2)C2CC2)c2ccccc21. The Morgan fingerprint density at radius 1 is 1.05 bits per heavy atom. The van der Waals surface area contributed by atoms with Crippen molar-refractivity contribution in [2.45, 2.75) is 71.2 Å². The van der Waals surface area contributed by atoms with E-state index in [0.717, 1.165) is 42.3 Å². The highest BCUT2D eigenvalue weighted by Crippen LogP contribution is 2.34. The Kier molecular flexibility index (Phi) is 8.65. The molecule has 1 saturated heterocycles. The number of piperidine rings is 1. The fraction of sp³-hybridized carbons (Fsp3) is 0.621. The molecule has 4 rings (SSSR count). The van der Waals surface area contributed by atoms with Gasteiger partial charge in [0, 0.05) is 63.0 Å². The number of amides is 2. The van der Waals surface area contributed by atoms with Gasteiger partial charge < -0.3 is 28.6 Å². The van der Waals surface area contributed by atoms with Crippen LogP contribution in [0.5, 0.6) is 0 Å². The molecule has 2 atom stereocenters. The average molecular weight is 528 g/mol. The number of ether oxygens (including phenoxy) is 3. The molecule has 2 heterocycles. The van der Waals surface area contributed by atoms with Gasteiger partial charge in [-0.3, -0.25) is 9.59 Å². The van der Waals surface area contributed by atoms with Crippen LogP contribution in [0.2, 0.25) is 0 Å². The number of fused-ring (bicyclic) bond motifs is 1. The minimum Gasteiger partial charge on any atom is -0.469 e. The van der Waals surface area contributed by atoms with E-state index in [1.165, 1.54) is 12.0 Å². The lowest BCUT2D eigenvalue weighted by Crippen LogP contribution is -2.52. The van der Waals surface area contributed by atoms with E-state index >= 15 is 0 Å². The Morgan fingerprint density at radius 2 is 1.76 bits per heavy atom. The summed E-state index contributed by atoms with van der Waals surface area (Å²) in [6.07, 6.45) is 4.81. The molecule has 9 nitrogen and oxygen atoms in total. The molecule has 2 amide bonds. The fourth-order valence-electron chi connectivity index (χ4n) is 5.30. The number of aryl methyl sites for hydroxylation is 1. The van der Waals surface area contributed by atoms with E-state index in [1.54, 1.807) is 27.9 Å². The summed E-state index contributed by atoms with van der Waals surface area (Å²) >= 11 is 0. The number of rotatable bonds is 9. The second-order valence-electron chi connectivity index (χ2n) is 11.4. The molecule has 38 heavy (non-hydrogen) atoms. The first-order chi connectivity index (χ1) is 18.1. The third-order valence-electron chi connectivity index (χ3n) is 7.22. The number of carbonyl (C=O) groups excluding carboxylic acids is 3. The van der Waals surface area contributed by atoms with Crippen LogP contribution in [-0.4, -0.2) is 77.9 Å². The summed E-state index contributed by atoms with van der Waals surface area (Å²) in [6.45, 7) is 7.83. The van der Waals surface area contributed by atoms with Crippen LogP contribution < -0.4 is 0 Å². The highest BCUT2D eigenvalue weighted by atomic mass is 16.6. The number of nitrogens with zero attached hydrogens (tertiary/aromatic N) is 3. The number of carbonyl (C=O) groups is 3. The lowest BCUT2D eigenvalue weighted by molar-refractivity contribution is -0.150. The zero-order valence-electron chi connectivity index (χ0n) is 23.3. The van der Waals surface area contributed by atoms with Crippen LogP contribution in [0.3, 0.4) is 0 Å². The van der Waals surface area contributed by atoms with Crippen LogP contribution in [0.15, 0.2) is 30.5 Å². The van der Waals surface area contributed by atoms with Gasteiger partial charge in [-0.2, -0.15) is 0 Å². The highest BCUT2D eigenvalue weighted by Gasteiger charge is 2.43. The lowest BCUT2D eigenvalue weighted by Gasteiger charge is -2.38. The van der Waals surface area contributed by atoms with Gasteiger partial charge in [0.25, 0.3) is 0 Å². The molecule has 0 bridgehead atoms. The molecule has 1 aromatic carbocycles. The van der Waals surface area contributed by atoms with Crippen molar-refractivity contribution < 1.29 is 28.6 Å². The van der Waals surface area contributed by atoms with E-state index in [2.05, 4.69) is 22.9 Å². The molecule has 2 aromatic rings. The summed E-state index contributed by atoms with van der Waals surface area (Å²) in [5, 5.41) is 1.13. The maximum absolute atomic E-state index is 14.0. The van der Waals surface area contributed by atoms with Gasteiger partial charge in [0.15, 0.2) is 0 Å². The van der Waals surface area contributed by atoms with Gasteiger partial charge in [-0.05, 0) is 58.1 Å². The maximum atomic E-state index is 14.0. The predicted octanol–water partition coefficient (Wildman–Crippen LogP) is 4.22. The molecule has 1 aromatic heterocycles. The number of benzene rings is 1. The molecule has 2 fully saturated rings. The molecule has 208 valence electrons. The molecule has 0 spiro atoms. The minimum absolute atomic E-state index is 0.0223. The van der Waals surface area contributed by atoms with E-state index in [4.69, 9.17) is 14.2 Å². The van der Waals surface area contributed by atoms with Crippen molar-refractivity contribution in [3.8, 4) is 0 Å². The highest BCUT2D eigenvalue weighted by molar-refractivity contribution is 5.86. The monoisotopic (exact) mass is 527 g/mol. The summed E-state index contributed by atoms with van der Waals surface area (Å²) in [5.74, 6) is -1.51. The number of likely N-dealkylation sites (tertiary alicyclic amines) is 1. The first-order valence-electron chi connectivity index (χ1n) is 13.5. The molecule has 0 unspecified atom stereocenters. The lowest BCUT2D eigenvalue weighted by atomic mass is 9.88. The maximum Gasteiger partial charge on any atom is 0.410 e. The van der Waals surface area contributed by atoms with E-state index in [-0.39, 0.29) is 25.0 Å². The zero-order valence-corrected chi connectivity index (χ0v) is 23.3. The number of para-hydroxylation sites is 1. The molecule has 2 aliphatic rings. The fourth-order valence-corrected chi connectivity index (χ4v) is 5.30. The van der Waals surface area contributed by atoms with E-state index in [9.17, 15) is 14.4 Å². The van der Waals surface area contributed by atoms with Gasteiger partial charge in [0.2, 0.25) is 5.91 Å². The van der Waals surface area contributed by atoms with E-state index < -0.39 is 29.5 Å². The average Bonchev–Trinajstić information content (AvgIpc) is 3.68. The van der Waals surface area contributed by atoms with Crippen molar-refractivity contribution in [2.75, 3.05) is 33.9 Å². The van der Waals surface area contributed by atoms with Crippen LogP contribution in [-0.2, 0) is 36.9 Å². The summed E-state index contributed by atoms with van der Waals surface area (Å²) in [6, 6.07) is 8.44. The Labute approximate surface area is 225 Å². The van der Waals surface area contributed by atoms with Crippen molar-refractivity contribution in [1.29, 1.82) is 0 Å². The Hall–Kier alpha value is -3.07. The Balaban J connectivity index is 1.57. The molecule has 9 heteroatoms. The van der Waals surface area contributed by atoms with Crippen molar-refractivity contribution in [2.24, 2.45) is 11.8 Å². The van der Waals surface area contributed by atoms with Crippen molar-refractivity contribution >= 4 is 28.9 Å². The summed E-state index contributed by atoms with van der Waals surface area (Å²) < 4.78 is 18.0. The van der Waals surface area contributed by atoms with Crippen LogP contribution in [0.4, 0.5) is 4.79 Å². The number of methoxy groups -OCH3 is 2. The zero-order chi connectivity index (χ0) is 27.4. The van der Waals surface area contributed by atoms with Crippen LogP contribution in [0, 0.1) is 11.8 Å². The molecule has 1 saturated carbocycles. The number of esters is 1. The first kappa shape index (κ1) is 28.0. The third-order valence-corrected chi connectivity index (χ3v) is 7.22. The molecule has 1 aliphatic carbocycles. The normalized spacial score (nSPS) is 19.9. The molecule has 1 aliphatic heterocycles. The molecule has 0 N–H and O–H groups in total. The van der Waals surface area contributed by atoms with Crippen LogP contribution >= 0.6 is 0 Å². The number of hydrogen-bond donors (Lipinski definition) is 0. The number of aromatic nitrogens is 1. The summed E-state index contributed by atoms with van der Waals surface area (Å²) in [4.78, 5) is 42.9. The van der Waals surface area contributed by atoms with Crippen LogP contribution in [0.1, 0.15) is 52.0 Å². The number of hydrogen-bond acceptors (Lipinski definition) is 6. The Bertz CT molecular complexity index is 1150. The van der Waals surface area contributed by atoms with E-state index in [0.29, 0.717) is 19.6 Å². The van der Waals surface area contributed by atoms with E-state index in [1.807, 2.05) is 17.0 Å². The van der Waals surface area contributed by atoms with Gasteiger partial charge in [0.05, 0.1) is 18.9 Å². The molecule has 0 radical (unpaired) electrons. The van der Waals surface area contributed by atoms with Crippen LogP contribution in [0.25, 0.3) is 10.9 Å². The standard InChI is InChI=1S/C29H41N3O6/c1-29(2,3)38-28(35)31-16-20(15-21(17-31)27(34)37-5)26(33)32(23-11-12-23)19-22-18-30(13-8-14-36-4)25-10-7-6-9-24(22)25/h6-7,9-10,18,20-21,23H,8,11-17,19H2,1-5H3/t20-,21+/m1/s1. The first-order valence-corrected chi connectivity index (χ1v) is 13.5. The summed E-state index contributed by atoms with van der Waals surface area (Å²) in [7, 11) is 3.04. The molecular formula is C29H41N3O6. The van der Waals surface area contributed by atoms with Gasteiger partial charge in [-0.1, -0.05) is 18.2 Å². The smallest absolute Gasteiger partial charge is 0.410 e. The summed E-state index contributed by atoms with van der Waals surface area (Å²) in [5.41, 5.74) is 1.57. The Morgan fingerprint density at radius 3 is 2.42 bits per heavy atom.